The Morgan fingerprint density at radius 2 is 1.46 bits per heavy atom. The molecule has 0 radical (unpaired) electrons. The molecule has 0 aromatic carbocycles. The Balaban J connectivity index is 0.000000671. The molecule has 2 atom stereocenters. The first-order valence-corrected chi connectivity index (χ1v) is 5.08. The molecule has 0 aromatic rings. The Labute approximate surface area is 78.5 Å². The number of hydrogen-bond acceptors (Lipinski definition) is 0. The van der Waals surface area contributed by atoms with E-state index < -0.39 is 12.1 Å². The third-order valence-electron chi connectivity index (χ3n) is 2.53. The van der Waals surface area contributed by atoms with Crippen molar-refractivity contribution < 1.29 is 13.2 Å². The third kappa shape index (κ3) is 4.01. The van der Waals surface area contributed by atoms with Crippen molar-refractivity contribution in [1.82, 2.24) is 0 Å². The number of hydrogen-bond donors (Lipinski definition) is 0. The number of alkyl halides is 3. The molecule has 13 heavy (non-hydrogen) atoms. The molecule has 0 N–H and O–H groups in total. The summed E-state index contributed by atoms with van der Waals surface area (Å²) >= 11 is 0. The maximum atomic E-state index is 12.2. The van der Waals surface area contributed by atoms with Gasteiger partial charge >= 0.3 is 6.18 Å². The molecule has 0 spiro atoms. The van der Waals surface area contributed by atoms with Gasteiger partial charge in [0.15, 0.2) is 0 Å². The standard InChI is InChI=1S/C8H13F3.C2H6/c1-6-4-2-3-5-7(6)8(9,10)11;1-2/h6-7H,2-5H2,1H3;1-2H3. The average molecular weight is 196 g/mol. The monoisotopic (exact) mass is 196 g/mol. The van der Waals surface area contributed by atoms with E-state index in [0.29, 0.717) is 6.42 Å². The van der Waals surface area contributed by atoms with Crippen LogP contribution in [0.25, 0.3) is 0 Å². The van der Waals surface area contributed by atoms with Crippen LogP contribution < -0.4 is 0 Å². The van der Waals surface area contributed by atoms with Crippen LogP contribution in [0.1, 0.15) is 46.5 Å². The van der Waals surface area contributed by atoms with Gasteiger partial charge in [-0.2, -0.15) is 13.2 Å². The molecule has 0 aliphatic heterocycles. The maximum absolute atomic E-state index is 12.2. The van der Waals surface area contributed by atoms with E-state index in [9.17, 15) is 13.2 Å². The summed E-state index contributed by atoms with van der Waals surface area (Å²) in [5.41, 5.74) is 0. The summed E-state index contributed by atoms with van der Waals surface area (Å²) in [6.07, 6.45) is -1.17. The smallest absolute Gasteiger partial charge is 0.171 e. The van der Waals surface area contributed by atoms with E-state index in [1.165, 1.54) is 0 Å². The van der Waals surface area contributed by atoms with E-state index in [4.69, 9.17) is 0 Å². The Hall–Kier alpha value is -0.210. The molecule has 1 aliphatic rings. The van der Waals surface area contributed by atoms with Crippen LogP contribution in [-0.2, 0) is 0 Å². The van der Waals surface area contributed by atoms with Crippen LogP contribution in [0.2, 0.25) is 0 Å². The van der Waals surface area contributed by atoms with E-state index in [-0.39, 0.29) is 5.92 Å². The van der Waals surface area contributed by atoms with Crippen LogP contribution >= 0.6 is 0 Å². The van der Waals surface area contributed by atoms with Gasteiger partial charge in [0.25, 0.3) is 0 Å². The summed E-state index contributed by atoms with van der Waals surface area (Å²) in [4.78, 5) is 0. The molecular weight excluding hydrogens is 177 g/mol. The van der Waals surface area contributed by atoms with Crippen molar-refractivity contribution in [2.24, 2.45) is 11.8 Å². The normalized spacial score (nSPS) is 29.1. The molecule has 2 unspecified atom stereocenters. The fourth-order valence-corrected chi connectivity index (χ4v) is 1.80. The zero-order chi connectivity index (χ0) is 10.5. The minimum atomic E-state index is -3.96. The molecule has 1 aliphatic carbocycles. The first kappa shape index (κ1) is 12.8. The van der Waals surface area contributed by atoms with Gasteiger partial charge < -0.3 is 0 Å². The lowest BCUT2D eigenvalue weighted by molar-refractivity contribution is -0.194. The second kappa shape index (κ2) is 5.51. The highest BCUT2D eigenvalue weighted by Crippen LogP contribution is 2.40. The van der Waals surface area contributed by atoms with Gasteiger partial charge in [-0.05, 0) is 12.3 Å². The van der Waals surface area contributed by atoms with Crippen LogP contribution in [0.5, 0.6) is 0 Å². The summed E-state index contributed by atoms with van der Waals surface area (Å²) < 4.78 is 36.6. The molecule has 3 heteroatoms. The summed E-state index contributed by atoms with van der Waals surface area (Å²) in [5, 5.41) is 0. The van der Waals surface area contributed by atoms with Crippen molar-refractivity contribution >= 4 is 0 Å². The largest absolute Gasteiger partial charge is 0.392 e. The SMILES string of the molecule is CC.CC1CCCCC1C(F)(F)F. The van der Waals surface area contributed by atoms with Gasteiger partial charge in [0.2, 0.25) is 0 Å². The van der Waals surface area contributed by atoms with Crippen molar-refractivity contribution in [3.05, 3.63) is 0 Å². The molecule has 0 heterocycles. The molecule has 0 bridgehead atoms. The summed E-state index contributed by atoms with van der Waals surface area (Å²) in [6.45, 7) is 5.71. The second-order valence-corrected chi connectivity index (χ2v) is 3.41. The molecule has 0 aromatic heterocycles. The predicted molar refractivity (Wildman–Crippen MR) is 48.5 cm³/mol. The lowest BCUT2D eigenvalue weighted by Gasteiger charge is -2.30. The van der Waals surface area contributed by atoms with Crippen LogP contribution in [0, 0.1) is 11.8 Å². The topological polar surface area (TPSA) is 0 Å². The lowest BCUT2D eigenvalue weighted by atomic mass is 9.80. The molecule has 0 nitrogen and oxygen atoms in total. The first-order chi connectivity index (χ1) is 6.02. The summed E-state index contributed by atoms with van der Waals surface area (Å²) in [6, 6.07) is 0. The highest BCUT2D eigenvalue weighted by Gasteiger charge is 2.43. The summed E-state index contributed by atoms with van der Waals surface area (Å²) in [7, 11) is 0. The quantitative estimate of drug-likeness (QED) is 0.538. The number of rotatable bonds is 0. The molecule has 0 amide bonds. The molecule has 1 saturated carbocycles. The van der Waals surface area contributed by atoms with Crippen molar-refractivity contribution in [3.63, 3.8) is 0 Å². The zero-order valence-electron chi connectivity index (χ0n) is 8.62. The predicted octanol–water partition coefficient (Wildman–Crippen LogP) is 4.40. The van der Waals surface area contributed by atoms with Gasteiger partial charge in [-0.3, -0.25) is 0 Å². The molecule has 1 fully saturated rings. The Morgan fingerprint density at radius 3 is 1.77 bits per heavy atom. The van der Waals surface area contributed by atoms with Crippen LogP contribution in [0.4, 0.5) is 13.2 Å². The number of halogens is 3. The minimum Gasteiger partial charge on any atom is -0.171 e. The van der Waals surface area contributed by atoms with Gasteiger partial charge in [-0.15, -0.1) is 0 Å². The average Bonchev–Trinajstić information content (AvgIpc) is 2.07. The van der Waals surface area contributed by atoms with Crippen molar-refractivity contribution in [2.45, 2.75) is 52.6 Å². The van der Waals surface area contributed by atoms with Crippen LogP contribution in [-0.4, -0.2) is 6.18 Å². The van der Waals surface area contributed by atoms with Crippen molar-refractivity contribution in [1.29, 1.82) is 0 Å². The molecule has 1 rings (SSSR count). The highest BCUT2D eigenvalue weighted by atomic mass is 19.4. The zero-order valence-corrected chi connectivity index (χ0v) is 8.62. The maximum Gasteiger partial charge on any atom is 0.392 e. The van der Waals surface area contributed by atoms with E-state index in [0.717, 1.165) is 19.3 Å². The molecule has 80 valence electrons. The van der Waals surface area contributed by atoms with Gasteiger partial charge in [0.1, 0.15) is 0 Å². The fraction of sp³-hybridized carbons (Fsp3) is 1.00. The Bertz CT molecular complexity index is 129. The van der Waals surface area contributed by atoms with Crippen molar-refractivity contribution in [3.8, 4) is 0 Å². The third-order valence-corrected chi connectivity index (χ3v) is 2.53. The molecular formula is C10H19F3. The van der Waals surface area contributed by atoms with Gasteiger partial charge in [0.05, 0.1) is 5.92 Å². The van der Waals surface area contributed by atoms with E-state index in [2.05, 4.69) is 0 Å². The van der Waals surface area contributed by atoms with Gasteiger partial charge in [-0.25, -0.2) is 0 Å². The Kier molecular flexibility index (Phi) is 5.42. The van der Waals surface area contributed by atoms with E-state index >= 15 is 0 Å². The first-order valence-electron chi connectivity index (χ1n) is 5.08. The van der Waals surface area contributed by atoms with Crippen LogP contribution in [0.3, 0.4) is 0 Å². The Morgan fingerprint density at radius 1 is 1.00 bits per heavy atom. The van der Waals surface area contributed by atoms with Crippen molar-refractivity contribution in [2.75, 3.05) is 0 Å². The summed E-state index contributed by atoms with van der Waals surface area (Å²) in [5.74, 6) is -1.19. The molecule has 0 saturated heterocycles. The van der Waals surface area contributed by atoms with Crippen LogP contribution in [0.15, 0.2) is 0 Å². The van der Waals surface area contributed by atoms with E-state index in [1.807, 2.05) is 13.8 Å². The van der Waals surface area contributed by atoms with E-state index in [1.54, 1.807) is 6.92 Å². The second-order valence-electron chi connectivity index (χ2n) is 3.41. The fourth-order valence-electron chi connectivity index (χ4n) is 1.80. The van der Waals surface area contributed by atoms with Gasteiger partial charge in [0, 0.05) is 0 Å². The minimum absolute atomic E-state index is 0.163. The highest BCUT2D eigenvalue weighted by molar-refractivity contribution is 4.77. The lowest BCUT2D eigenvalue weighted by Crippen LogP contribution is -2.31. The van der Waals surface area contributed by atoms with Gasteiger partial charge in [-0.1, -0.05) is 40.0 Å².